The fraction of sp³-hybridized carbons (Fsp3) is 0.579. The Hall–Kier alpha value is -2.46. The van der Waals surface area contributed by atoms with Crippen LogP contribution >= 0.6 is 0 Å². The Morgan fingerprint density at radius 2 is 2.38 bits per heavy atom. The first-order valence-electron chi connectivity index (χ1n) is 9.13. The lowest BCUT2D eigenvalue weighted by atomic mass is 9.73. The van der Waals surface area contributed by atoms with Crippen molar-refractivity contribution in [3.05, 3.63) is 29.7 Å². The van der Waals surface area contributed by atoms with E-state index in [0.717, 1.165) is 32.5 Å². The lowest BCUT2D eigenvalue weighted by Gasteiger charge is -2.41. The maximum atomic E-state index is 13.5. The van der Waals surface area contributed by atoms with Crippen molar-refractivity contribution in [1.82, 2.24) is 14.9 Å². The van der Waals surface area contributed by atoms with E-state index in [4.69, 9.17) is 10.00 Å². The maximum Gasteiger partial charge on any atom is 0.234 e. The van der Waals surface area contributed by atoms with Crippen LogP contribution in [0, 0.1) is 22.7 Å². The smallest absolute Gasteiger partial charge is 0.234 e. The topological polar surface area (TPSA) is 82.4 Å². The Kier molecular flexibility index (Phi) is 4.37. The van der Waals surface area contributed by atoms with Gasteiger partial charge in [-0.25, -0.2) is 9.97 Å². The molecule has 3 aliphatic rings. The molecule has 0 N–H and O–H groups in total. The number of carbonyl (C=O) groups is 1. The minimum atomic E-state index is -0.423. The molecule has 0 aliphatic carbocycles. The summed E-state index contributed by atoms with van der Waals surface area (Å²) in [5.41, 5.74) is 0.835. The highest BCUT2D eigenvalue weighted by Crippen LogP contribution is 2.45. The molecule has 2 atom stereocenters. The molecule has 26 heavy (non-hydrogen) atoms. The molecule has 4 rings (SSSR count). The van der Waals surface area contributed by atoms with Gasteiger partial charge in [0.15, 0.2) is 0 Å². The molecular formula is C19H23N5O2. The number of aromatic nitrogens is 2. The molecule has 4 heterocycles. The van der Waals surface area contributed by atoms with Gasteiger partial charge in [0.05, 0.1) is 12.0 Å². The average molecular weight is 353 g/mol. The van der Waals surface area contributed by atoms with Crippen molar-refractivity contribution in [3.63, 3.8) is 0 Å². The molecule has 0 saturated carbocycles. The minimum Gasteiger partial charge on any atom is -0.381 e. The molecule has 1 aromatic rings. The van der Waals surface area contributed by atoms with Gasteiger partial charge in [-0.3, -0.25) is 4.79 Å². The number of hydrogen-bond acceptors (Lipinski definition) is 6. The van der Waals surface area contributed by atoms with Crippen molar-refractivity contribution in [2.45, 2.75) is 19.8 Å². The first-order chi connectivity index (χ1) is 12.6. The molecule has 0 bridgehead atoms. The van der Waals surface area contributed by atoms with Crippen LogP contribution in [0.4, 0.5) is 5.82 Å². The summed E-state index contributed by atoms with van der Waals surface area (Å²) in [5, 5.41) is 9.07. The summed E-state index contributed by atoms with van der Waals surface area (Å²) < 4.78 is 5.70. The number of rotatable bonds is 2. The largest absolute Gasteiger partial charge is 0.381 e. The molecule has 7 heteroatoms. The van der Waals surface area contributed by atoms with E-state index >= 15 is 0 Å². The van der Waals surface area contributed by atoms with Gasteiger partial charge in [-0.15, -0.1) is 0 Å². The quantitative estimate of drug-likeness (QED) is 0.747. The van der Waals surface area contributed by atoms with Crippen molar-refractivity contribution in [3.8, 4) is 6.07 Å². The SMILES string of the molecule is CC1=CCCN(C(=O)C23CCOCC2CN(c2ccnc(C#N)n2)C3)C1. The Morgan fingerprint density at radius 3 is 3.19 bits per heavy atom. The summed E-state index contributed by atoms with van der Waals surface area (Å²) in [6.07, 6.45) is 5.49. The number of hydrogen-bond donors (Lipinski definition) is 0. The Bertz CT molecular complexity index is 786. The number of anilines is 1. The molecule has 136 valence electrons. The summed E-state index contributed by atoms with van der Waals surface area (Å²) in [5.74, 6) is 1.27. The average Bonchev–Trinajstić information content (AvgIpc) is 3.08. The Labute approximate surface area is 153 Å². The van der Waals surface area contributed by atoms with Crippen molar-refractivity contribution in [2.24, 2.45) is 11.3 Å². The van der Waals surface area contributed by atoms with E-state index in [0.29, 0.717) is 25.6 Å². The molecule has 2 unspecified atom stereocenters. The van der Waals surface area contributed by atoms with Gasteiger partial charge in [0.25, 0.3) is 0 Å². The highest BCUT2D eigenvalue weighted by molar-refractivity contribution is 5.85. The minimum absolute atomic E-state index is 0.149. The number of ether oxygens (including phenoxy) is 1. The van der Waals surface area contributed by atoms with Gasteiger partial charge < -0.3 is 14.5 Å². The van der Waals surface area contributed by atoms with E-state index in [-0.39, 0.29) is 17.6 Å². The summed E-state index contributed by atoms with van der Waals surface area (Å²) in [4.78, 5) is 25.9. The summed E-state index contributed by atoms with van der Waals surface area (Å²) >= 11 is 0. The van der Waals surface area contributed by atoms with Crippen LogP contribution in [0.5, 0.6) is 0 Å². The molecule has 3 aliphatic heterocycles. The molecule has 0 radical (unpaired) electrons. The van der Waals surface area contributed by atoms with Gasteiger partial charge in [-0.1, -0.05) is 11.6 Å². The van der Waals surface area contributed by atoms with Gasteiger partial charge >= 0.3 is 0 Å². The van der Waals surface area contributed by atoms with Gasteiger partial charge in [-0.2, -0.15) is 5.26 Å². The van der Waals surface area contributed by atoms with Crippen LogP contribution in [-0.4, -0.2) is 60.2 Å². The molecule has 0 aromatic carbocycles. The van der Waals surface area contributed by atoms with E-state index in [1.165, 1.54) is 5.57 Å². The van der Waals surface area contributed by atoms with Crippen LogP contribution in [-0.2, 0) is 9.53 Å². The first kappa shape index (κ1) is 17.0. The Morgan fingerprint density at radius 1 is 1.50 bits per heavy atom. The van der Waals surface area contributed by atoms with Gasteiger partial charge in [-0.05, 0) is 25.8 Å². The van der Waals surface area contributed by atoms with E-state index in [9.17, 15) is 4.79 Å². The van der Waals surface area contributed by atoms with Gasteiger partial charge in [0, 0.05) is 44.9 Å². The van der Waals surface area contributed by atoms with Crippen LogP contribution in [0.15, 0.2) is 23.9 Å². The van der Waals surface area contributed by atoms with Gasteiger partial charge in [0.2, 0.25) is 11.7 Å². The van der Waals surface area contributed by atoms with E-state index in [1.54, 1.807) is 6.20 Å². The summed E-state index contributed by atoms with van der Waals surface area (Å²) in [6, 6.07) is 3.80. The lowest BCUT2D eigenvalue weighted by molar-refractivity contribution is -0.150. The second kappa shape index (κ2) is 6.69. The zero-order valence-electron chi connectivity index (χ0n) is 15.0. The van der Waals surface area contributed by atoms with Crippen molar-refractivity contribution >= 4 is 11.7 Å². The first-order valence-corrected chi connectivity index (χ1v) is 9.13. The zero-order chi connectivity index (χ0) is 18.1. The molecule has 7 nitrogen and oxygen atoms in total. The molecule has 1 amide bonds. The summed E-state index contributed by atoms with van der Waals surface area (Å²) in [7, 11) is 0. The number of fused-ring (bicyclic) bond motifs is 1. The maximum absolute atomic E-state index is 13.5. The zero-order valence-corrected chi connectivity index (χ0v) is 15.0. The molecule has 2 saturated heterocycles. The lowest BCUT2D eigenvalue weighted by Crippen LogP contribution is -2.53. The van der Waals surface area contributed by atoms with Crippen LogP contribution < -0.4 is 4.90 Å². The van der Waals surface area contributed by atoms with Crippen LogP contribution in [0.1, 0.15) is 25.6 Å². The predicted molar refractivity (Wildman–Crippen MR) is 95.3 cm³/mol. The molecule has 0 spiro atoms. The van der Waals surface area contributed by atoms with Crippen LogP contribution in [0.25, 0.3) is 0 Å². The van der Waals surface area contributed by atoms with Crippen LogP contribution in [0.3, 0.4) is 0 Å². The van der Waals surface area contributed by atoms with Crippen LogP contribution in [0.2, 0.25) is 0 Å². The highest BCUT2D eigenvalue weighted by atomic mass is 16.5. The van der Waals surface area contributed by atoms with Crippen molar-refractivity contribution in [2.75, 3.05) is 44.3 Å². The standard InChI is InChI=1S/C19H23N5O2/c1-14-3-2-7-23(10-14)18(25)19-5-8-26-12-15(19)11-24(13-19)17-4-6-21-16(9-20)22-17/h3-4,6,15H,2,5,7-8,10-13H2,1H3. The number of carbonyl (C=O) groups excluding carboxylic acids is 1. The normalized spacial score (nSPS) is 28.3. The molecule has 1 aromatic heterocycles. The van der Waals surface area contributed by atoms with E-state index in [2.05, 4.69) is 27.9 Å². The van der Waals surface area contributed by atoms with E-state index < -0.39 is 5.41 Å². The third kappa shape index (κ3) is 2.84. The highest BCUT2D eigenvalue weighted by Gasteiger charge is 2.55. The predicted octanol–water partition coefficient (Wildman–Crippen LogP) is 1.37. The van der Waals surface area contributed by atoms with Crippen molar-refractivity contribution in [1.29, 1.82) is 5.26 Å². The van der Waals surface area contributed by atoms with E-state index in [1.807, 2.05) is 17.0 Å². The second-order valence-corrected chi connectivity index (χ2v) is 7.47. The number of nitriles is 1. The third-order valence-corrected chi connectivity index (χ3v) is 5.82. The molecular weight excluding hydrogens is 330 g/mol. The van der Waals surface area contributed by atoms with Crippen molar-refractivity contribution < 1.29 is 9.53 Å². The fourth-order valence-electron chi connectivity index (χ4n) is 4.45. The monoisotopic (exact) mass is 353 g/mol. The second-order valence-electron chi connectivity index (χ2n) is 7.47. The number of amides is 1. The third-order valence-electron chi connectivity index (χ3n) is 5.82. The molecule has 2 fully saturated rings. The summed E-state index contributed by atoms with van der Waals surface area (Å²) in [6.45, 7) is 6.16. The fourth-order valence-corrected chi connectivity index (χ4v) is 4.45. The van der Waals surface area contributed by atoms with Gasteiger partial charge in [0.1, 0.15) is 11.9 Å². The number of nitrogens with zero attached hydrogens (tertiary/aromatic N) is 5. The Balaban J connectivity index is 1.62.